The first-order chi connectivity index (χ1) is 10.6. The quantitative estimate of drug-likeness (QED) is 0.777. The SMILES string of the molecule is O=C(c1ccc(Cl)cc1)N1CCOC(c2cccc(Br)c2)C1. The molecule has 1 aliphatic rings. The highest BCUT2D eigenvalue weighted by Crippen LogP contribution is 2.25. The molecule has 2 aromatic rings. The summed E-state index contributed by atoms with van der Waals surface area (Å²) >= 11 is 9.34. The third kappa shape index (κ3) is 3.51. The molecule has 1 heterocycles. The third-order valence-electron chi connectivity index (χ3n) is 3.67. The fraction of sp³-hybridized carbons (Fsp3) is 0.235. The molecule has 1 unspecified atom stereocenters. The molecule has 1 aliphatic heterocycles. The summed E-state index contributed by atoms with van der Waals surface area (Å²) in [6.45, 7) is 1.69. The maximum absolute atomic E-state index is 12.6. The molecule has 0 saturated carbocycles. The first kappa shape index (κ1) is 15.5. The van der Waals surface area contributed by atoms with Crippen molar-refractivity contribution in [3.05, 3.63) is 69.2 Å². The molecule has 0 spiro atoms. The number of carbonyl (C=O) groups is 1. The number of ether oxygens (including phenoxy) is 1. The lowest BCUT2D eigenvalue weighted by Crippen LogP contribution is -2.42. The van der Waals surface area contributed by atoms with Crippen LogP contribution in [0.5, 0.6) is 0 Å². The molecular weight excluding hydrogens is 366 g/mol. The predicted molar refractivity (Wildman–Crippen MR) is 90.2 cm³/mol. The molecule has 1 amide bonds. The van der Waals surface area contributed by atoms with E-state index in [-0.39, 0.29) is 12.0 Å². The summed E-state index contributed by atoms with van der Waals surface area (Å²) in [4.78, 5) is 14.4. The Morgan fingerprint density at radius 1 is 1.23 bits per heavy atom. The van der Waals surface area contributed by atoms with E-state index in [9.17, 15) is 4.79 Å². The van der Waals surface area contributed by atoms with Gasteiger partial charge in [0.15, 0.2) is 0 Å². The van der Waals surface area contributed by atoms with Gasteiger partial charge in [-0.05, 0) is 42.0 Å². The third-order valence-corrected chi connectivity index (χ3v) is 4.41. The van der Waals surface area contributed by atoms with Crippen molar-refractivity contribution in [2.75, 3.05) is 19.7 Å². The Hall–Kier alpha value is -1.36. The summed E-state index contributed by atoms with van der Waals surface area (Å²) in [5, 5.41) is 0.630. The smallest absolute Gasteiger partial charge is 0.254 e. The van der Waals surface area contributed by atoms with E-state index in [4.69, 9.17) is 16.3 Å². The molecule has 3 rings (SSSR count). The van der Waals surface area contributed by atoms with E-state index < -0.39 is 0 Å². The number of hydrogen-bond donors (Lipinski definition) is 0. The van der Waals surface area contributed by atoms with Crippen molar-refractivity contribution in [1.82, 2.24) is 4.90 Å². The predicted octanol–water partition coefficient (Wildman–Crippen LogP) is 4.32. The normalized spacial score (nSPS) is 18.3. The van der Waals surface area contributed by atoms with E-state index >= 15 is 0 Å². The van der Waals surface area contributed by atoms with Gasteiger partial charge >= 0.3 is 0 Å². The second kappa shape index (κ2) is 6.82. The molecule has 22 heavy (non-hydrogen) atoms. The lowest BCUT2D eigenvalue weighted by molar-refractivity contribution is -0.0228. The lowest BCUT2D eigenvalue weighted by Gasteiger charge is -2.33. The maximum atomic E-state index is 12.6. The summed E-state index contributed by atoms with van der Waals surface area (Å²) in [5.41, 5.74) is 1.72. The molecule has 0 bridgehead atoms. The van der Waals surface area contributed by atoms with Crippen molar-refractivity contribution in [2.45, 2.75) is 6.10 Å². The molecular formula is C17H15BrClNO2. The van der Waals surface area contributed by atoms with Gasteiger partial charge in [-0.15, -0.1) is 0 Å². The molecule has 0 N–H and O–H groups in total. The monoisotopic (exact) mass is 379 g/mol. The number of nitrogens with zero attached hydrogens (tertiary/aromatic N) is 1. The molecule has 1 atom stereocenters. The standard InChI is InChI=1S/C17H15BrClNO2/c18-14-3-1-2-13(10-14)16-11-20(8-9-22-16)17(21)12-4-6-15(19)7-5-12/h1-7,10,16H,8-9,11H2. The van der Waals surface area contributed by atoms with Crippen molar-refractivity contribution in [2.24, 2.45) is 0 Å². The fourth-order valence-electron chi connectivity index (χ4n) is 2.52. The zero-order chi connectivity index (χ0) is 15.5. The first-order valence-electron chi connectivity index (χ1n) is 7.05. The molecule has 0 aromatic heterocycles. The summed E-state index contributed by atoms with van der Waals surface area (Å²) in [5.74, 6) is 0.0139. The van der Waals surface area contributed by atoms with E-state index in [1.807, 2.05) is 29.2 Å². The minimum absolute atomic E-state index is 0.0139. The van der Waals surface area contributed by atoms with Crippen LogP contribution in [0.25, 0.3) is 0 Å². The summed E-state index contributed by atoms with van der Waals surface area (Å²) in [6.07, 6.45) is -0.0949. The number of hydrogen-bond acceptors (Lipinski definition) is 2. The molecule has 3 nitrogen and oxygen atoms in total. The van der Waals surface area contributed by atoms with Crippen LogP contribution < -0.4 is 0 Å². The number of halogens is 2. The first-order valence-corrected chi connectivity index (χ1v) is 8.22. The topological polar surface area (TPSA) is 29.5 Å². The highest BCUT2D eigenvalue weighted by molar-refractivity contribution is 9.10. The van der Waals surface area contributed by atoms with E-state index in [0.29, 0.717) is 30.3 Å². The Kier molecular flexibility index (Phi) is 4.81. The zero-order valence-electron chi connectivity index (χ0n) is 11.8. The minimum Gasteiger partial charge on any atom is -0.370 e. The molecule has 5 heteroatoms. The Morgan fingerprint density at radius 2 is 2.00 bits per heavy atom. The molecule has 2 aromatic carbocycles. The van der Waals surface area contributed by atoms with Crippen LogP contribution in [-0.4, -0.2) is 30.5 Å². The molecule has 1 fully saturated rings. The average molecular weight is 381 g/mol. The van der Waals surface area contributed by atoms with Crippen LogP contribution >= 0.6 is 27.5 Å². The van der Waals surface area contributed by atoms with E-state index in [1.54, 1.807) is 24.3 Å². The Bertz CT molecular complexity index is 675. The van der Waals surface area contributed by atoms with Crippen molar-refractivity contribution in [1.29, 1.82) is 0 Å². The van der Waals surface area contributed by atoms with Crippen LogP contribution in [0.15, 0.2) is 53.0 Å². The highest BCUT2D eigenvalue weighted by Gasteiger charge is 2.26. The van der Waals surface area contributed by atoms with Gasteiger partial charge in [-0.2, -0.15) is 0 Å². The summed E-state index contributed by atoms with van der Waals surface area (Å²) in [7, 11) is 0. The van der Waals surface area contributed by atoms with Crippen LogP contribution in [0.3, 0.4) is 0 Å². The van der Waals surface area contributed by atoms with Crippen LogP contribution in [-0.2, 0) is 4.74 Å². The largest absolute Gasteiger partial charge is 0.370 e. The molecule has 114 valence electrons. The van der Waals surface area contributed by atoms with Crippen LogP contribution in [0.2, 0.25) is 5.02 Å². The summed E-state index contributed by atoms with van der Waals surface area (Å²) in [6, 6.07) is 15.0. The van der Waals surface area contributed by atoms with Gasteiger partial charge in [-0.1, -0.05) is 39.7 Å². The van der Waals surface area contributed by atoms with E-state index in [0.717, 1.165) is 10.0 Å². The highest BCUT2D eigenvalue weighted by atomic mass is 79.9. The molecule has 0 aliphatic carbocycles. The lowest BCUT2D eigenvalue weighted by atomic mass is 10.1. The summed E-state index contributed by atoms with van der Waals surface area (Å²) < 4.78 is 6.83. The van der Waals surface area contributed by atoms with Crippen molar-refractivity contribution >= 4 is 33.4 Å². The second-order valence-electron chi connectivity index (χ2n) is 5.17. The fourth-order valence-corrected chi connectivity index (χ4v) is 3.06. The number of benzene rings is 2. The van der Waals surface area contributed by atoms with E-state index in [2.05, 4.69) is 15.9 Å². The van der Waals surface area contributed by atoms with Gasteiger partial charge < -0.3 is 9.64 Å². The maximum Gasteiger partial charge on any atom is 0.254 e. The molecule has 0 radical (unpaired) electrons. The van der Waals surface area contributed by atoms with Crippen molar-refractivity contribution in [3.8, 4) is 0 Å². The van der Waals surface area contributed by atoms with Crippen molar-refractivity contribution in [3.63, 3.8) is 0 Å². The van der Waals surface area contributed by atoms with Gasteiger partial charge in [0.1, 0.15) is 6.10 Å². The van der Waals surface area contributed by atoms with Gasteiger partial charge in [-0.3, -0.25) is 4.79 Å². The van der Waals surface area contributed by atoms with Gasteiger partial charge in [0.25, 0.3) is 5.91 Å². The number of morpholine rings is 1. The van der Waals surface area contributed by atoms with Crippen molar-refractivity contribution < 1.29 is 9.53 Å². The van der Waals surface area contributed by atoms with Crippen LogP contribution in [0.4, 0.5) is 0 Å². The van der Waals surface area contributed by atoms with Crippen LogP contribution in [0.1, 0.15) is 22.0 Å². The number of carbonyl (C=O) groups excluding carboxylic acids is 1. The van der Waals surface area contributed by atoms with E-state index in [1.165, 1.54) is 0 Å². The Morgan fingerprint density at radius 3 is 2.73 bits per heavy atom. The van der Waals surface area contributed by atoms with Gasteiger partial charge in [-0.25, -0.2) is 0 Å². The van der Waals surface area contributed by atoms with Gasteiger partial charge in [0, 0.05) is 21.6 Å². The Balaban J connectivity index is 1.75. The average Bonchev–Trinajstić information content (AvgIpc) is 2.55. The van der Waals surface area contributed by atoms with Gasteiger partial charge in [0.05, 0.1) is 13.2 Å². The zero-order valence-corrected chi connectivity index (χ0v) is 14.2. The second-order valence-corrected chi connectivity index (χ2v) is 6.52. The van der Waals surface area contributed by atoms with Crippen LogP contribution in [0, 0.1) is 0 Å². The number of amides is 1. The number of rotatable bonds is 2. The van der Waals surface area contributed by atoms with Gasteiger partial charge in [0.2, 0.25) is 0 Å². The minimum atomic E-state index is -0.0949. The molecule has 1 saturated heterocycles. The Labute approximate surface area is 143 Å².